The molecule has 0 radical (unpaired) electrons. The highest BCUT2D eigenvalue weighted by Crippen LogP contribution is 2.41. The third-order valence-electron chi connectivity index (χ3n) is 16.9. The van der Waals surface area contributed by atoms with Crippen LogP contribution in [-0.2, 0) is 61.6 Å². The molecule has 6 fully saturated rings. The monoisotopic (exact) mass is 1190 g/mol. The molecule has 0 aromatic rings. The van der Waals surface area contributed by atoms with Gasteiger partial charge < -0.3 is 133 Å². The maximum absolute atomic E-state index is 12.6. The van der Waals surface area contributed by atoms with Crippen LogP contribution >= 0.6 is 0 Å². The molecule has 28 nitrogen and oxygen atoms in total. The van der Waals surface area contributed by atoms with E-state index in [1.54, 1.807) is 0 Å². The molecule has 15 N–H and O–H groups in total. The van der Waals surface area contributed by atoms with Crippen molar-refractivity contribution in [2.24, 2.45) is 5.92 Å². The van der Waals surface area contributed by atoms with Gasteiger partial charge in [0, 0.05) is 12.3 Å². The zero-order chi connectivity index (χ0) is 60.3. The molecule has 6 aliphatic heterocycles. The van der Waals surface area contributed by atoms with E-state index in [-0.39, 0.29) is 5.97 Å². The number of methoxy groups -OCH3 is 1. The number of aliphatic hydroxyl groups excluding tert-OH is 15. The summed E-state index contributed by atoms with van der Waals surface area (Å²) in [6, 6.07) is 0. The molecule has 0 aromatic carbocycles. The van der Waals surface area contributed by atoms with E-state index in [1.165, 1.54) is 34.8 Å². The highest BCUT2D eigenvalue weighted by atomic mass is 16.8. The van der Waals surface area contributed by atoms with Crippen molar-refractivity contribution in [3.63, 3.8) is 0 Å². The molecule has 31 atom stereocenters. The second-order valence-electron chi connectivity index (χ2n) is 23.0. The normalized spacial score (nSPS) is 46.1. The number of carbonyl (C=O) groups excluding carboxylic acids is 1. The van der Waals surface area contributed by atoms with Gasteiger partial charge >= 0.3 is 5.97 Å². The predicted octanol–water partition coefficient (Wildman–Crippen LogP) is -3.67. The van der Waals surface area contributed by atoms with Gasteiger partial charge in [-0.1, -0.05) is 64.7 Å². The second kappa shape index (κ2) is 32.6. The van der Waals surface area contributed by atoms with E-state index in [0.29, 0.717) is 19.3 Å². The number of carbonyl (C=O) groups is 1. The lowest BCUT2D eigenvalue weighted by Crippen LogP contribution is -2.67. The van der Waals surface area contributed by atoms with Gasteiger partial charge in [0.1, 0.15) is 110 Å². The number of ether oxygens (including phenoxy) is 12. The molecule has 480 valence electrons. The van der Waals surface area contributed by atoms with Crippen molar-refractivity contribution in [3.8, 4) is 0 Å². The van der Waals surface area contributed by atoms with Gasteiger partial charge in [0.15, 0.2) is 31.5 Å². The standard InChI is InChI=1S/C54H96O28/c1-7-8-14-17-27(18-15-12-10-9-11-13-16-19-32(57)71-6)76-53-48(41(66)35(60)25(4)74-53)82-54-49(43(68)38(63)31(22-56)78-54)81-50-36(61)28(46(26(5)75-50)79-51-44(69)39(64)33(58)23(2)72-51)20-29-47(42(67)37(62)30(21-55)77-29)80-52-45(70)40(65)34(59)24(3)73-52/h23-31,33-56,58-70H,7-22H2,1-6H3. The summed E-state index contributed by atoms with van der Waals surface area (Å²) in [6.45, 7) is 6.11. The lowest BCUT2D eigenvalue weighted by atomic mass is 9.81. The minimum absolute atomic E-state index is 0.231. The average molecular weight is 1190 g/mol. The molecule has 6 saturated heterocycles. The number of unbranched alkanes of at least 4 members (excludes halogenated alkanes) is 8. The number of esters is 1. The molecule has 0 aliphatic carbocycles. The summed E-state index contributed by atoms with van der Waals surface area (Å²) < 4.78 is 72.4. The first-order chi connectivity index (χ1) is 39.0. The summed E-state index contributed by atoms with van der Waals surface area (Å²) >= 11 is 0. The third-order valence-corrected chi connectivity index (χ3v) is 16.9. The Kier molecular flexibility index (Phi) is 27.6. The van der Waals surface area contributed by atoms with Crippen LogP contribution in [-0.4, -0.2) is 287 Å². The molecule has 0 spiro atoms. The van der Waals surface area contributed by atoms with Crippen molar-refractivity contribution < 1.29 is 138 Å². The largest absolute Gasteiger partial charge is 0.469 e. The minimum Gasteiger partial charge on any atom is -0.469 e. The van der Waals surface area contributed by atoms with Crippen molar-refractivity contribution in [3.05, 3.63) is 0 Å². The Morgan fingerprint density at radius 2 is 0.817 bits per heavy atom. The Morgan fingerprint density at radius 1 is 0.402 bits per heavy atom. The Hall–Kier alpha value is -1.57. The quantitative estimate of drug-likeness (QED) is 0.0265. The van der Waals surface area contributed by atoms with Gasteiger partial charge in [-0.05, 0) is 53.4 Å². The van der Waals surface area contributed by atoms with Gasteiger partial charge in [-0.3, -0.25) is 4.79 Å². The number of hydrogen-bond donors (Lipinski definition) is 15. The van der Waals surface area contributed by atoms with Crippen molar-refractivity contribution in [2.45, 2.75) is 309 Å². The summed E-state index contributed by atoms with van der Waals surface area (Å²) in [7, 11) is 1.37. The highest BCUT2D eigenvalue weighted by molar-refractivity contribution is 5.68. The summed E-state index contributed by atoms with van der Waals surface area (Å²) in [5.41, 5.74) is 0. The van der Waals surface area contributed by atoms with Crippen LogP contribution in [0.4, 0.5) is 0 Å². The molecule has 31 unspecified atom stereocenters. The fourth-order valence-electron chi connectivity index (χ4n) is 11.7. The van der Waals surface area contributed by atoms with Gasteiger partial charge in [0.2, 0.25) is 0 Å². The summed E-state index contributed by atoms with van der Waals surface area (Å²) in [5.74, 6) is -1.66. The molecular formula is C54H96O28. The number of aliphatic hydroxyl groups is 15. The first-order valence-corrected chi connectivity index (χ1v) is 29.3. The lowest BCUT2D eigenvalue weighted by Gasteiger charge is -2.51. The van der Waals surface area contributed by atoms with E-state index in [4.69, 9.17) is 56.8 Å². The zero-order valence-electron chi connectivity index (χ0n) is 47.7. The molecule has 6 heterocycles. The lowest BCUT2D eigenvalue weighted by molar-refractivity contribution is -0.398. The smallest absolute Gasteiger partial charge is 0.305 e. The maximum atomic E-state index is 12.6. The Bertz CT molecular complexity index is 1850. The first-order valence-electron chi connectivity index (χ1n) is 29.3. The zero-order valence-corrected chi connectivity index (χ0v) is 47.7. The Morgan fingerprint density at radius 3 is 1.37 bits per heavy atom. The van der Waals surface area contributed by atoms with Gasteiger partial charge in [-0.25, -0.2) is 0 Å². The number of hydrogen-bond acceptors (Lipinski definition) is 28. The van der Waals surface area contributed by atoms with Gasteiger partial charge in [-0.2, -0.15) is 0 Å². The van der Waals surface area contributed by atoms with Crippen LogP contribution in [0.25, 0.3) is 0 Å². The van der Waals surface area contributed by atoms with Crippen LogP contribution in [0.15, 0.2) is 0 Å². The molecule has 6 aliphatic rings. The van der Waals surface area contributed by atoms with Crippen LogP contribution in [0.1, 0.15) is 125 Å². The predicted molar refractivity (Wildman–Crippen MR) is 277 cm³/mol. The van der Waals surface area contributed by atoms with E-state index < -0.39 is 210 Å². The van der Waals surface area contributed by atoms with Crippen molar-refractivity contribution in [1.29, 1.82) is 0 Å². The number of rotatable bonds is 28. The summed E-state index contributed by atoms with van der Waals surface area (Å²) in [4.78, 5) is 11.5. The van der Waals surface area contributed by atoms with Crippen LogP contribution in [0, 0.1) is 5.92 Å². The van der Waals surface area contributed by atoms with Crippen molar-refractivity contribution in [2.75, 3.05) is 20.3 Å². The molecule has 28 heteroatoms. The SMILES string of the molecule is CCCCCC(CCCCCCCCCC(=O)OC)OC1OC(C)C(O)C(O)C1OC1OC(CO)C(O)C(O)C1OC1OC(C)C(OC2OC(C)C(O)C(O)C2O)C(CC2OC(CO)C(O)C(O)C2OC2OC(C)C(O)C(O)C2O)C1O. The Labute approximate surface area is 477 Å². The van der Waals surface area contributed by atoms with Crippen LogP contribution in [0.5, 0.6) is 0 Å². The molecule has 0 aromatic heterocycles. The summed E-state index contributed by atoms with van der Waals surface area (Å²) in [6.07, 6.45) is -38.0. The van der Waals surface area contributed by atoms with Crippen molar-refractivity contribution >= 4 is 5.97 Å². The molecule has 0 saturated carbocycles. The first kappa shape index (κ1) is 69.5. The van der Waals surface area contributed by atoms with E-state index in [1.807, 2.05) is 0 Å². The second-order valence-corrected chi connectivity index (χ2v) is 23.0. The van der Waals surface area contributed by atoms with Crippen LogP contribution < -0.4 is 0 Å². The van der Waals surface area contributed by atoms with E-state index in [2.05, 4.69) is 6.92 Å². The van der Waals surface area contributed by atoms with Gasteiger partial charge in [0.05, 0.1) is 63.1 Å². The molecule has 0 bridgehead atoms. The van der Waals surface area contributed by atoms with E-state index >= 15 is 0 Å². The van der Waals surface area contributed by atoms with Crippen molar-refractivity contribution in [1.82, 2.24) is 0 Å². The van der Waals surface area contributed by atoms with Gasteiger partial charge in [0.25, 0.3) is 0 Å². The Balaban J connectivity index is 1.27. The minimum atomic E-state index is -2.01. The molecule has 6 rings (SSSR count). The molecular weight excluding hydrogens is 1100 g/mol. The fourth-order valence-corrected chi connectivity index (χ4v) is 11.7. The van der Waals surface area contributed by atoms with Crippen LogP contribution in [0.2, 0.25) is 0 Å². The highest BCUT2D eigenvalue weighted by Gasteiger charge is 2.58. The molecule has 82 heavy (non-hydrogen) atoms. The average Bonchev–Trinajstić information content (AvgIpc) is 2.79. The van der Waals surface area contributed by atoms with Gasteiger partial charge in [-0.15, -0.1) is 0 Å². The van der Waals surface area contributed by atoms with E-state index in [0.717, 1.165) is 64.2 Å². The molecule has 0 amide bonds. The van der Waals surface area contributed by atoms with Crippen LogP contribution in [0.3, 0.4) is 0 Å². The fraction of sp³-hybridized carbons (Fsp3) is 0.981. The topological polar surface area (TPSA) is 431 Å². The third kappa shape index (κ3) is 17.2. The maximum Gasteiger partial charge on any atom is 0.305 e. The van der Waals surface area contributed by atoms with E-state index in [9.17, 15) is 81.4 Å². The summed E-state index contributed by atoms with van der Waals surface area (Å²) in [5, 5.41) is 166.